The molecule has 10 heteroatoms. The van der Waals surface area contributed by atoms with Crippen LogP contribution < -0.4 is 10.2 Å². The molecular formula is C17H13N3O5S2. The molecule has 0 aromatic heterocycles. The maximum Gasteiger partial charge on any atom is 0.285 e. The van der Waals surface area contributed by atoms with Crippen molar-refractivity contribution < 1.29 is 19.6 Å². The molecule has 1 fully saturated rings. The second kappa shape index (κ2) is 7.64. The van der Waals surface area contributed by atoms with Gasteiger partial charge in [-0.15, -0.1) is 0 Å². The summed E-state index contributed by atoms with van der Waals surface area (Å²) >= 11 is 6.35. The summed E-state index contributed by atoms with van der Waals surface area (Å²) in [5.74, 6) is -0.0549. The molecule has 0 spiro atoms. The number of phenolic OH excluding ortho intramolecular Hbond substituents is 1. The number of nitro groups is 1. The van der Waals surface area contributed by atoms with Gasteiger partial charge in [-0.3, -0.25) is 20.3 Å². The van der Waals surface area contributed by atoms with Gasteiger partial charge in [-0.25, -0.2) is 5.01 Å². The summed E-state index contributed by atoms with van der Waals surface area (Å²) in [6.07, 6.45) is 1.64. The lowest BCUT2D eigenvalue weighted by Crippen LogP contribution is -2.33. The third-order valence-electron chi connectivity index (χ3n) is 3.61. The number of rotatable bonds is 5. The van der Waals surface area contributed by atoms with Crippen LogP contribution in [0.4, 0.5) is 11.4 Å². The first kappa shape index (κ1) is 18.7. The molecule has 0 radical (unpaired) electrons. The van der Waals surface area contributed by atoms with Gasteiger partial charge in [0.25, 0.3) is 11.6 Å². The Bertz CT molecular complexity index is 960. The number of nitrogens with zero attached hydrogens (tertiary/aromatic N) is 2. The molecule has 1 aliphatic rings. The average Bonchev–Trinajstić information content (AvgIpc) is 2.91. The molecule has 0 aliphatic carbocycles. The summed E-state index contributed by atoms with van der Waals surface area (Å²) in [7, 11) is 1.44. The molecule has 2 aromatic carbocycles. The number of methoxy groups -OCH3 is 1. The van der Waals surface area contributed by atoms with Crippen molar-refractivity contribution in [2.45, 2.75) is 0 Å². The van der Waals surface area contributed by atoms with Crippen LogP contribution in [0.25, 0.3) is 6.08 Å². The van der Waals surface area contributed by atoms with Crippen molar-refractivity contribution >= 4 is 51.7 Å². The summed E-state index contributed by atoms with van der Waals surface area (Å²) < 4.78 is 5.36. The molecule has 0 bridgehead atoms. The second-order valence-corrected chi connectivity index (χ2v) is 7.04. The van der Waals surface area contributed by atoms with Gasteiger partial charge in [0.05, 0.1) is 22.6 Å². The van der Waals surface area contributed by atoms with E-state index in [2.05, 4.69) is 5.43 Å². The number of anilines is 1. The van der Waals surface area contributed by atoms with Gasteiger partial charge >= 0.3 is 0 Å². The van der Waals surface area contributed by atoms with E-state index in [9.17, 15) is 20.0 Å². The van der Waals surface area contributed by atoms with Crippen molar-refractivity contribution in [3.05, 3.63) is 63.0 Å². The summed E-state index contributed by atoms with van der Waals surface area (Å²) in [4.78, 5) is 23.2. The fraction of sp³-hybridized carbons (Fsp3) is 0.0588. The lowest BCUT2D eigenvalue weighted by atomic mass is 10.2. The van der Waals surface area contributed by atoms with Crippen molar-refractivity contribution in [3.8, 4) is 11.5 Å². The number of hydrogen-bond acceptors (Lipinski definition) is 8. The number of thioether (sulfide) groups is 1. The van der Waals surface area contributed by atoms with E-state index in [4.69, 9.17) is 17.0 Å². The number of nitro benzene ring substituents is 1. The quantitative estimate of drug-likeness (QED) is 0.338. The molecule has 138 valence electrons. The summed E-state index contributed by atoms with van der Waals surface area (Å²) in [6, 6.07) is 10.4. The highest BCUT2D eigenvalue weighted by molar-refractivity contribution is 8.26. The predicted octanol–water partition coefficient (Wildman–Crippen LogP) is 3.54. The first-order chi connectivity index (χ1) is 12.9. The smallest absolute Gasteiger partial charge is 0.285 e. The Balaban J connectivity index is 1.79. The highest BCUT2D eigenvalue weighted by atomic mass is 32.2. The number of carbonyl (C=O) groups excluding carboxylic acids is 1. The van der Waals surface area contributed by atoms with Crippen molar-refractivity contribution in [2.75, 3.05) is 12.5 Å². The van der Waals surface area contributed by atoms with E-state index in [1.54, 1.807) is 18.2 Å². The predicted molar refractivity (Wildman–Crippen MR) is 106 cm³/mol. The minimum Gasteiger partial charge on any atom is -0.504 e. The van der Waals surface area contributed by atoms with E-state index in [1.807, 2.05) is 0 Å². The number of thiocarbonyl (C=S) groups is 1. The van der Waals surface area contributed by atoms with E-state index < -0.39 is 4.92 Å². The monoisotopic (exact) mass is 403 g/mol. The molecule has 1 amide bonds. The normalized spacial score (nSPS) is 15.3. The molecule has 1 heterocycles. The zero-order valence-corrected chi connectivity index (χ0v) is 15.5. The van der Waals surface area contributed by atoms with Gasteiger partial charge in [0.1, 0.15) is 0 Å². The van der Waals surface area contributed by atoms with E-state index in [0.29, 0.717) is 26.2 Å². The molecule has 2 aromatic rings. The Labute approximate surface area is 163 Å². The van der Waals surface area contributed by atoms with Crippen LogP contribution in [-0.2, 0) is 4.79 Å². The average molecular weight is 403 g/mol. The zero-order valence-electron chi connectivity index (χ0n) is 13.9. The molecule has 0 saturated carbocycles. The Morgan fingerprint density at radius 2 is 2.00 bits per heavy atom. The van der Waals surface area contributed by atoms with E-state index >= 15 is 0 Å². The fourth-order valence-electron chi connectivity index (χ4n) is 2.29. The number of hydrogen-bond donors (Lipinski definition) is 2. The van der Waals surface area contributed by atoms with Crippen molar-refractivity contribution in [3.63, 3.8) is 0 Å². The lowest BCUT2D eigenvalue weighted by Gasteiger charge is -2.16. The molecule has 3 rings (SSSR count). The van der Waals surface area contributed by atoms with Crippen LogP contribution >= 0.6 is 24.0 Å². The molecule has 0 unspecified atom stereocenters. The largest absolute Gasteiger partial charge is 0.504 e. The van der Waals surface area contributed by atoms with Gasteiger partial charge in [0.2, 0.25) is 0 Å². The van der Waals surface area contributed by atoms with Gasteiger partial charge in [-0.05, 0) is 48.1 Å². The Hall–Kier alpha value is -3.11. The van der Waals surface area contributed by atoms with E-state index in [-0.39, 0.29) is 17.3 Å². The molecule has 1 saturated heterocycles. The van der Waals surface area contributed by atoms with Gasteiger partial charge in [0, 0.05) is 12.1 Å². The number of nitrogens with one attached hydrogen (secondary N) is 1. The fourth-order valence-corrected chi connectivity index (χ4v) is 3.47. The van der Waals surface area contributed by atoms with E-state index in [0.717, 1.165) is 11.8 Å². The molecule has 27 heavy (non-hydrogen) atoms. The molecule has 1 aliphatic heterocycles. The van der Waals surface area contributed by atoms with Crippen LogP contribution in [0.5, 0.6) is 11.5 Å². The second-order valence-electron chi connectivity index (χ2n) is 5.36. The van der Waals surface area contributed by atoms with Crippen molar-refractivity contribution in [2.24, 2.45) is 0 Å². The standard InChI is InChI=1S/C17H13N3O5S2/c1-25-14-8-10(2-7-13(14)21)9-15-16(22)19(17(26)27-15)18-11-3-5-12(6-4-11)20(23)24/h2-9,18,21H,1H3/b15-9-. The van der Waals surface area contributed by atoms with E-state index in [1.165, 1.54) is 42.5 Å². The molecular weight excluding hydrogens is 390 g/mol. The van der Waals surface area contributed by atoms with Gasteiger partial charge in [-0.1, -0.05) is 17.8 Å². The number of amides is 1. The number of carbonyl (C=O) groups is 1. The zero-order chi connectivity index (χ0) is 19.6. The molecule has 8 nitrogen and oxygen atoms in total. The van der Waals surface area contributed by atoms with Crippen LogP contribution in [0.3, 0.4) is 0 Å². The SMILES string of the molecule is COc1cc(/C=C2\SC(=S)N(Nc3ccc([N+](=O)[O-])cc3)C2=O)ccc1O. The number of phenols is 1. The van der Waals surface area contributed by atoms with Crippen LogP contribution in [0.2, 0.25) is 0 Å². The van der Waals surface area contributed by atoms with Crippen LogP contribution in [0, 0.1) is 10.1 Å². The Morgan fingerprint density at radius 3 is 2.63 bits per heavy atom. The number of benzene rings is 2. The molecule has 2 N–H and O–H groups in total. The van der Waals surface area contributed by atoms with Crippen LogP contribution in [0.1, 0.15) is 5.56 Å². The van der Waals surface area contributed by atoms with Gasteiger partial charge in [-0.2, -0.15) is 0 Å². The Kier molecular flexibility index (Phi) is 5.28. The molecule has 0 atom stereocenters. The summed E-state index contributed by atoms with van der Waals surface area (Å²) in [5, 5.41) is 21.6. The number of aromatic hydroxyl groups is 1. The van der Waals surface area contributed by atoms with Crippen molar-refractivity contribution in [1.82, 2.24) is 5.01 Å². The first-order valence-corrected chi connectivity index (χ1v) is 8.77. The topological polar surface area (TPSA) is 105 Å². The van der Waals surface area contributed by atoms with Crippen LogP contribution in [-0.4, -0.2) is 32.4 Å². The third-order valence-corrected chi connectivity index (χ3v) is 4.92. The highest BCUT2D eigenvalue weighted by Crippen LogP contribution is 2.34. The number of ether oxygens (including phenoxy) is 1. The van der Waals surface area contributed by atoms with Gasteiger partial charge in [0.15, 0.2) is 15.8 Å². The summed E-state index contributed by atoms with van der Waals surface area (Å²) in [6.45, 7) is 0. The van der Waals surface area contributed by atoms with Crippen molar-refractivity contribution in [1.29, 1.82) is 0 Å². The van der Waals surface area contributed by atoms with Gasteiger partial charge < -0.3 is 9.84 Å². The number of hydrazine groups is 1. The maximum absolute atomic E-state index is 12.6. The first-order valence-electron chi connectivity index (χ1n) is 7.55. The lowest BCUT2D eigenvalue weighted by molar-refractivity contribution is -0.384. The summed E-state index contributed by atoms with van der Waals surface area (Å²) in [5.41, 5.74) is 3.96. The highest BCUT2D eigenvalue weighted by Gasteiger charge is 2.32. The Morgan fingerprint density at radius 1 is 1.30 bits per heavy atom. The maximum atomic E-state index is 12.6. The number of non-ortho nitro benzene ring substituents is 1. The third kappa shape index (κ3) is 4.01. The van der Waals surface area contributed by atoms with Crippen LogP contribution in [0.15, 0.2) is 47.4 Å². The minimum absolute atomic E-state index is 0.00189. The minimum atomic E-state index is -0.502.